The van der Waals surface area contributed by atoms with Crippen LogP contribution in [0.1, 0.15) is 12.0 Å². The van der Waals surface area contributed by atoms with E-state index in [1.54, 1.807) is 18.5 Å². The number of hydrogen-bond donors (Lipinski definition) is 0. The highest BCUT2D eigenvalue weighted by Crippen LogP contribution is 2.21. The van der Waals surface area contributed by atoms with E-state index in [2.05, 4.69) is 20.9 Å². The van der Waals surface area contributed by atoms with Crippen molar-refractivity contribution in [2.75, 3.05) is 44.3 Å². The molecule has 0 N–H and O–H groups in total. The average molecular weight is 258 g/mol. The van der Waals surface area contributed by atoms with E-state index in [-0.39, 0.29) is 0 Å². The number of nitrogens with zero attached hydrogens (tertiary/aromatic N) is 4. The van der Waals surface area contributed by atoms with Crippen molar-refractivity contribution in [3.8, 4) is 6.07 Å². The van der Waals surface area contributed by atoms with Crippen molar-refractivity contribution in [2.24, 2.45) is 0 Å². The second-order valence-corrected chi connectivity index (χ2v) is 5.05. The maximum atomic E-state index is 9.14. The van der Waals surface area contributed by atoms with E-state index in [9.17, 15) is 0 Å². The third-order valence-electron chi connectivity index (χ3n) is 4.00. The van der Waals surface area contributed by atoms with Gasteiger partial charge in [-0.05, 0) is 12.5 Å². The number of ether oxygens (including phenoxy) is 1. The monoisotopic (exact) mass is 258 g/mol. The van der Waals surface area contributed by atoms with E-state index in [1.807, 2.05) is 0 Å². The molecule has 2 aliphatic rings. The van der Waals surface area contributed by atoms with E-state index in [0.717, 1.165) is 51.5 Å². The van der Waals surface area contributed by atoms with E-state index in [1.165, 1.54) is 0 Å². The van der Waals surface area contributed by atoms with Crippen LogP contribution in [-0.4, -0.2) is 55.3 Å². The lowest BCUT2D eigenvalue weighted by Gasteiger charge is -2.38. The highest BCUT2D eigenvalue weighted by atomic mass is 16.5. The molecule has 1 atom stereocenters. The summed E-state index contributed by atoms with van der Waals surface area (Å²) in [5, 5.41) is 9.14. The maximum Gasteiger partial charge on any atom is 0.101 e. The SMILES string of the molecule is N#Cc1ccncc1N1CCN(C2CCOC2)CC1. The molecule has 3 heterocycles. The standard InChI is InChI=1S/C14H18N4O/c15-9-12-1-3-16-10-14(12)18-6-4-17(5-7-18)13-2-8-19-11-13/h1,3,10,13H,2,4-8,11H2. The molecule has 0 amide bonds. The fourth-order valence-electron chi connectivity index (χ4n) is 2.87. The predicted octanol–water partition coefficient (Wildman–Crippen LogP) is 0.864. The van der Waals surface area contributed by atoms with Crippen molar-refractivity contribution in [3.63, 3.8) is 0 Å². The molecule has 0 radical (unpaired) electrons. The van der Waals surface area contributed by atoms with Crippen LogP contribution in [0.25, 0.3) is 0 Å². The Morgan fingerprint density at radius 3 is 2.84 bits per heavy atom. The number of nitriles is 1. The van der Waals surface area contributed by atoms with Gasteiger partial charge in [-0.25, -0.2) is 0 Å². The van der Waals surface area contributed by atoms with Gasteiger partial charge in [0.05, 0.1) is 24.1 Å². The molecule has 0 bridgehead atoms. The number of hydrogen-bond acceptors (Lipinski definition) is 5. The molecular formula is C14H18N4O. The van der Waals surface area contributed by atoms with Crippen molar-refractivity contribution >= 4 is 5.69 Å². The molecule has 0 aromatic carbocycles. The van der Waals surface area contributed by atoms with Crippen LogP contribution in [0, 0.1) is 11.3 Å². The zero-order valence-electron chi connectivity index (χ0n) is 11.0. The number of rotatable bonds is 2. The summed E-state index contributed by atoms with van der Waals surface area (Å²) >= 11 is 0. The molecule has 100 valence electrons. The first kappa shape index (κ1) is 12.4. The third-order valence-corrected chi connectivity index (χ3v) is 4.00. The molecule has 2 fully saturated rings. The molecule has 0 spiro atoms. The van der Waals surface area contributed by atoms with Gasteiger partial charge in [0.15, 0.2) is 0 Å². The number of pyridine rings is 1. The number of piperazine rings is 1. The Bertz CT molecular complexity index is 471. The minimum atomic E-state index is 0.589. The van der Waals surface area contributed by atoms with Gasteiger partial charge in [-0.15, -0.1) is 0 Å². The van der Waals surface area contributed by atoms with Gasteiger partial charge >= 0.3 is 0 Å². The number of aromatic nitrogens is 1. The molecule has 5 heteroatoms. The van der Waals surface area contributed by atoms with E-state index in [4.69, 9.17) is 10.00 Å². The van der Waals surface area contributed by atoms with Crippen LogP contribution in [-0.2, 0) is 4.74 Å². The normalized spacial score (nSPS) is 24.4. The Balaban J connectivity index is 1.65. The summed E-state index contributed by atoms with van der Waals surface area (Å²) in [4.78, 5) is 8.91. The molecular weight excluding hydrogens is 240 g/mol. The summed E-state index contributed by atoms with van der Waals surface area (Å²) in [5.74, 6) is 0. The minimum absolute atomic E-state index is 0.589. The molecule has 1 unspecified atom stereocenters. The first-order chi connectivity index (χ1) is 9.38. The fraction of sp³-hybridized carbons (Fsp3) is 0.571. The second-order valence-electron chi connectivity index (χ2n) is 5.05. The summed E-state index contributed by atoms with van der Waals surface area (Å²) in [6.07, 6.45) is 4.62. The van der Waals surface area contributed by atoms with Gasteiger partial charge in [0.25, 0.3) is 0 Å². The van der Waals surface area contributed by atoms with Crippen molar-refractivity contribution in [2.45, 2.75) is 12.5 Å². The summed E-state index contributed by atoms with van der Waals surface area (Å²) in [7, 11) is 0. The molecule has 5 nitrogen and oxygen atoms in total. The Hall–Kier alpha value is -1.64. The van der Waals surface area contributed by atoms with Crippen LogP contribution >= 0.6 is 0 Å². The summed E-state index contributed by atoms with van der Waals surface area (Å²) in [6, 6.07) is 4.62. The lowest BCUT2D eigenvalue weighted by atomic mass is 10.1. The smallest absolute Gasteiger partial charge is 0.101 e. The van der Waals surface area contributed by atoms with Crippen molar-refractivity contribution < 1.29 is 4.74 Å². The summed E-state index contributed by atoms with van der Waals surface area (Å²) < 4.78 is 5.45. The fourth-order valence-corrected chi connectivity index (χ4v) is 2.87. The van der Waals surface area contributed by atoms with Gasteiger partial charge in [-0.2, -0.15) is 5.26 Å². The van der Waals surface area contributed by atoms with Gasteiger partial charge in [0.2, 0.25) is 0 Å². The van der Waals surface area contributed by atoms with Crippen LogP contribution in [0.3, 0.4) is 0 Å². The summed E-state index contributed by atoms with van der Waals surface area (Å²) in [5.41, 5.74) is 1.68. The molecule has 1 aromatic rings. The first-order valence-corrected chi connectivity index (χ1v) is 6.79. The minimum Gasteiger partial charge on any atom is -0.380 e. The Morgan fingerprint density at radius 2 is 2.16 bits per heavy atom. The molecule has 2 aliphatic heterocycles. The summed E-state index contributed by atoms with van der Waals surface area (Å²) in [6.45, 7) is 5.75. The van der Waals surface area contributed by atoms with Crippen LogP contribution < -0.4 is 4.90 Å². The van der Waals surface area contributed by atoms with Crippen LogP contribution in [0.4, 0.5) is 5.69 Å². The Morgan fingerprint density at radius 1 is 1.32 bits per heavy atom. The maximum absolute atomic E-state index is 9.14. The van der Waals surface area contributed by atoms with Crippen LogP contribution in [0.15, 0.2) is 18.5 Å². The second kappa shape index (κ2) is 5.55. The van der Waals surface area contributed by atoms with Gasteiger partial charge in [-0.1, -0.05) is 0 Å². The van der Waals surface area contributed by atoms with Gasteiger partial charge in [-0.3, -0.25) is 9.88 Å². The quantitative estimate of drug-likeness (QED) is 0.787. The lowest BCUT2D eigenvalue weighted by molar-refractivity contribution is 0.139. The van der Waals surface area contributed by atoms with Crippen LogP contribution in [0.5, 0.6) is 0 Å². The van der Waals surface area contributed by atoms with E-state index < -0.39 is 0 Å². The zero-order chi connectivity index (χ0) is 13.1. The van der Waals surface area contributed by atoms with Gasteiger partial charge in [0.1, 0.15) is 6.07 Å². The highest BCUT2D eigenvalue weighted by molar-refractivity contribution is 5.57. The zero-order valence-corrected chi connectivity index (χ0v) is 11.0. The topological polar surface area (TPSA) is 52.4 Å². The molecule has 3 rings (SSSR count). The molecule has 1 aromatic heterocycles. The Kier molecular flexibility index (Phi) is 3.62. The number of anilines is 1. The Labute approximate surface area is 113 Å². The largest absolute Gasteiger partial charge is 0.380 e. The van der Waals surface area contributed by atoms with Gasteiger partial charge < -0.3 is 9.64 Å². The first-order valence-electron chi connectivity index (χ1n) is 6.79. The average Bonchev–Trinajstić information content (AvgIpc) is 3.02. The lowest BCUT2D eigenvalue weighted by Crippen LogP contribution is -2.50. The van der Waals surface area contributed by atoms with E-state index in [0.29, 0.717) is 11.6 Å². The molecule has 2 saturated heterocycles. The third kappa shape index (κ3) is 2.55. The highest BCUT2D eigenvalue weighted by Gasteiger charge is 2.27. The van der Waals surface area contributed by atoms with E-state index >= 15 is 0 Å². The van der Waals surface area contributed by atoms with Crippen molar-refractivity contribution in [1.29, 1.82) is 5.26 Å². The molecule has 19 heavy (non-hydrogen) atoms. The molecule has 0 aliphatic carbocycles. The van der Waals surface area contributed by atoms with Gasteiger partial charge in [0, 0.05) is 45.0 Å². The van der Waals surface area contributed by atoms with Crippen molar-refractivity contribution in [1.82, 2.24) is 9.88 Å². The van der Waals surface area contributed by atoms with Crippen LogP contribution in [0.2, 0.25) is 0 Å². The molecule has 0 saturated carbocycles. The van der Waals surface area contributed by atoms with Crippen molar-refractivity contribution in [3.05, 3.63) is 24.0 Å². The predicted molar refractivity (Wildman–Crippen MR) is 72.0 cm³/mol.